The molecule has 1 aliphatic carbocycles. The summed E-state index contributed by atoms with van der Waals surface area (Å²) in [6.45, 7) is 0. The summed E-state index contributed by atoms with van der Waals surface area (Å²) in [6, 6.07) is 0.300. The van der Waals surface area contributed by atoms with Gasteiger partial charge in [0.05, 0.1) is 6.33 Å². The van der Waals surface area contributed by atoms with Gasteiger partial charge in [0.1, 0.15) is 17.5 Å². The van der Waals surface area contributed by atoms with Crippen LogP contribution in [0.3, 0.4) is 0 Å². The van der Waals surface area contributed by atoms with E-state index in [2.05, 4.69) is 10.2 Å². The van der Waals surface area contributed by atoms with Gasteiger partial charge in [0, 0.05) is 44.7 Å². The van der Waals surface area contributed by atoms with Crippen LogP contribution in [-0.2, 0) is 0 Å². The molecule has 24 heavy (non-hydrogen) atoms. The lowest BCUT2D eigenvalue weighted by molar-refractivity contribution is 0.343. The maximum Gasteiger partial charge on any atom is 0.277 e. The van der Waals surface area contributed by atoms with Crippen LogP contribution in [0.1, 0.15) is 43.8 Å². The fourth-order valence-electron chi connectivity index (χ4n) is 4.20. The van der Waals surface area contributed by atoms with E-state index >= 15 is 0 Å². The van der Waals surface area contributed by atoms with Crippen molar-refractivity contribution in [3.63, 3.8) is 0 Å². The molecule has 0 bridgehead atoms. The third-order valence-electron chi connectivity index (χ3n) is 5.46. The monoisotopic (exact) mass is 327 g/mol. The van der Waals surface area contributed by atoms with E-state index in [9.17, 15) is 4.79 Å². The molecule has 6 nitrogen and oxygen atoms in total. The molecule has 3 heterocycles. The molecular formula is C18H25N5O. The fourth-order valence-corrected chi connectivity index (χ4v) is 4.20. The Hall–Kier alpha value is -2.24. The molecule has 4 rings (SSSR count). The number of nitrogens with zero attached hydrogens (tertiary/aromatic N) is 4. The van der Waals surface area contributed by atoms with Crippen molar-refractivity contribution in [1.29, 1.82) is 0 Å². The molecule has 1 atom stereocenters. The highest BCUT2D eigenvalue weighted by Gasteiger charge is 2.39. The maximum atomic E-state index is 13.2. The molecule has 6 heteroatoms. The van der Waals surface area contributed by atoms with Gasteiger partial charge in [-0.3, -0.25) is 9.36 Å². The van der Waals surface area contributed by atoms with E-state index in [1.807, 2.05) is 42.9 Å². The van der Waals surface area contributed by atoms with Crippen molar-refractivity contribution in [2.24, 2.45) is 0 Å². The van der Waals surface area contributed by atoms with Crippen molar-refractivity contribution in [3.8, 4) is 0 Å². The third kappa shape index (κ3) is 2.16. The summed E-state index contributed by atoms with van der Waals surface area (Å²) in [6.07, 6.45) is 11.6. The van der Waals surface area contributed by atoms with Crippen molar-refractivity contribution >= 4 is 11.3 Å². The van der Waals surface area contributed by atoms with Crippen LogP contribution in [0.5, 0.6) is 0 Å². The molecule has 1 N–H and O–H groups in total. The molecule has 1 unspecified atom stereocenters. The maximum absolute atomic E-state index is 13.2. The standard InChI is InChI=1S/C18H25N5O/c1-21(2)13-9-10-19-17-14(13)15-16(22(17)3)18(24)23(11-20-15)12-7-5-4-6-8-12/h9-12,17,19H,4-8H2,1-3H3. The number of allylic oxidation sites excluding steroid dienone is 1. The minimum absolute atomic E-state index is 0.0233. The fraction of sp³-hybridized carbons (Fsp3) is 0.556. The second-order valence-electron chi connectivity index (χ2n) is 7.15. The highest BCUT2D eigenvalue weighted by atomic mass is 16.1. The molecule has 2 aliphatic heterocycles. The number of likely N-dealkylation sites (N-methyl/N-ethyl adjacent to an activating group) is 2. The summed E-state index contributed by atoms with van der Waals surface area (Å²) in [7, 11) is 6.02. The van der Waals surface area contributed by atoms with Gasteiger partial charge in [-0.2, -0.15) is 0 Å². The normalized spacial score (nSPS) is 23.1. The SMILES string of the molecule is CN(C)C1=C2c3ncn(C4CCCCC4)c(=O)c3N(C)C2NC=C1. The first-order chi connectivity index (χ1) is 11.6. The van der Waals surface area contributed by atoms with Gasteiger partial charge in [-0.15, -0.1) is 0 Å². The average Bonchev–Trinajstić information content (AvgIpc) is 2.89. The van der Waals surface area contributed by atoms with Crippen LogP contribution in [0.15, 0.2) is 29.1 Å². The molecule has 1 aromatic rings. The molecule has 128 valence electrons. The summed E-state index contributed by atoms with van der Waals surface area (Å²) in [5.41, 5.74) is 3.83. The highest BCUT2D eigenvalue weighted by Crippen LogP contribution is 2.39. The van der Waals surface area contributed by atoms with Crippen molar-refractivity contribution in [1.82, 2.24) is 19.8 Å². The Morgan fingerprint density at radius 2 is 2.00 bits per heavy atom. The summed E-state index contributed by atoms with van der Waals surface area (Å²) in [4.78, 5) is 22.0. The number of nitrogens with one attached hydrogen (secondary N) is 1. The van der Waals surface area contributed by atoms with Crippen LogP contribution in [-0.4, -0.2) is 41.8 Å². The molecule has 1 aromatic heterocycles. The molecule has 1 fully saturated rings. The summed E-state index contributed by atoms with van der Waals surface area (Å²) in [5.74, 6) is 0. The van der Waals surface area contributed by atoms with Gasteiger partial charge in [0.2, 0.25) is 0 Å². The van der Waals surface area contributed by atoms with Gasteiger partial charge in [0.15, 0.2) is 0 Å². The number of dihydropyridines is 1. The number of hydrogen-bond acceptors (Lipinski definition) is 5. The minimum atomic E-state index is -0.0233. The van der Waals surface area contributed by atoms with Crippen LogP contribution in [0.25, 0.3) is 5.57 Å². The Bertz CT molecular complexity index is 770. The minimum Gasteiger partial charge on any atom is -0.377 e. The van der Waals surface area contributed by atoms with Crippen molar-refractivity contribution in [2.45, 2.75) is 44.3 Å². The molecule has 0 saturated heterocycles. The predicted octanol–water partition coefficient (Wildman–Crippen LogP) is 1.91. The van der Waals surface area contributed by atoms with Crippen LogP contribution in [0.4, 0.5) is 5.69 Å². The van der Waals surface area contributed by atoms with E-state index in [0.717, 1.165) is 35.5 Å². The lowest BCUT2D eigenvalue weighted by atomic mass is 9.95. The largest absolute Gasteiger partial charge is 0.377 e. The molecule has 0 amide bonds. The molecule has 0 spiro atoms. The van der Waals surface area contributed by atoms with Crippen LogP contribution in [0, 0.1) is 0 Å². The predicted molar refractivity (Wildman–Crippen MR) is 95.7 cm³/mol. The van der Waals surface area contributed by atoms with E-state index in [1.54, 1.807) is 6.33 Å². The van der Waals surface area contributed by atoms with E-state index in [0.29, 0.717) is 6.04 Å². The van der Waals surface area contributed by atoms with Gasteiger partial charge in [-0.25, -0.2) is 4.98 Å². The number of aromatic nitrogens is 2. The molecule has 0 radical (unpaired) electrons. The number of anilines is 1. The number of fused-ring (bicyclic) bond motifs is 3. The van der Waals surface area contributed by atoms with Gasteiger partial charge in [-0.05, 0) is 18.9 Å². The quantitative estimate of drug-likeness (QED) is 0.899. The van der Waals surface area contributed by atoms with Gasteiger partial charge < -0.3 is 15.1 Å². The smallest absolute Gasteiger partial charge is 0.277 e. The topological polar surface area (TPSA) is 53.4 Å². The van der Waals surface area contributed by atoms with Gasteiger partial charge in [-0.1, -0.05) is 19.3 Å². The van der Waals surface area contributed by atoms with Gasteiger partial charge >= 0.3 is 0 Å². The summed E-state index contributed by atoms with van der Waals surface area (Å²) < 4.78 is 1.87. The zero-order valence-electron chi connectivity index (χ0n) is 14.6. The first-order valence-corrected chi connectivity index (χ1v) is 8.78. The zero-order valence-corrected chi connectivity index (χ0v) is 14.6. The Kier molecular flexibility index (Phi) is 3.62. The van der Waals surface area contributed by atoms with Crippen molar-refractivity contribution < 1.29 is 0 Å². The molecule has 3 aliphatic rings. The van der Waals surface area contributed by atoms with Crippen molar-refractivity contribution in [3.05, 3.63) is 40.3 Å². The second kappa shape index (κ2) is 5.69. The van der Waals surface area contributed by atoms with E-state index < -0.39 is 0 Å². The molecular weight excluding hydrogens is 302 g/mol. The first-order valence-electron chi connectivity index (χ1n) is 8.78. The summed E-state index contributed by atoms with van der Waals surface area (Å²) >= 11 is 0. The first kappa shape index (κ1) is 15.3. The zero-order chi connectivity index (χ0) is 16.8. The second-order valence-corrected chi connectivity index (χ2v) is 7.15. The van der Waals surface area contributed by atoms with Crippen molar-refractivity contribution in [2.75, 3.05) is 26.0 Å². The van der Waals surface area contributed by atoms with E-state index in [1.165, 1.54) is 19.3 Å². The Balaban J connectivity index is 1.85. The van der Waals surface area contributed by atoms with Crippen LogP contribution < -0.4 is 15.8 Å². The Labute approximate surface area is 142 Å². The lowest BCUT2D eigenvalue weighted by Crippen LogP contribution is -2.42. The Morgan fingerprint density at radius 1 is 1.25 bits per heavy atom. The number of hydrogen-bond donors (Lipinski definition) is 1. The Morgan fingerprint density at radius 3 is 2.71 bits per heavy atom. The van der Waals surface area contributed by atoms with E-state index in [4.69, 9.17) is 4.98 Å². The third-order valence-corrected chi connectivity index (χ3v) is 5.46. The van der Waals surface area contributed by atoms with Crippen LogP contribution >= 0.6 is 0 Å². The van der Waals surface area contributed by atoms with E-state index in [-0.39, 0.29) is 11.7 Å². The summed E-state index contributed by atoms with van der Waals surface area (Å²) in [5, 5.41) is 3.36. The van der Waals surface area contributed by atoms with Gasteiger partial charge in [0.25, 0.3) is 5.56 Å². The molecule has 1 saturated carbocycles. The van der Waals surface area contributed by atoms with Crippen LogP contribution in [0.2, 0.25) is 0 Å². The molecule has 0 aromatic carbocycles. The average molecular weight is 327 g/mol. The lowest BCUT2D eigenvalue weighted by Gasteiger charge is -2.29. The number of rotatable bonds is 2. The highest BCUT2D eigenvalue weighted by molar-refractivity contribution is 5.88.